The minimum Gasteiger partial charge on any atom is -0.370 e. The van der Waals surface area contributed by atoms with E-state index in [9.17, 15) is 4.79 Å². The van der Waals surface area contributed by atoms with Gasteiger partial charge in [0, 0.05) is 32.4 Å². The van der Waals surface area contributed by atoms with Crippen LogP contribution in [-0.2, 0) is 11.3 Å². The maximum atomic E-state index is 12.1. The lowest BCUT2D eigenvalue weighted by atomic mass is 10.2. The highest BCUT2D eigenvalue weighted by atomic mass is 16.2. The first-order valence-corrected chi connectivity index (χ1v) is 7.84. The summed E-state index contributed by atoms with van der Waals surface area (Å²) in [6.45, 7) is 6.16. The molecule has 116 valence electrons. The van der Waals surface area contributed by atoms with Gasteiger partial charge in [0.15, 0.2) is 0 Å². The van der Waals surface area contributed by atoms with Gasteiger partial charge in [-0.3, -0.25) is 9.69 Å². The molecule has 2 rings (SSSR count). The van der Waals surface area contributed by atoms with Gasteiger partial charge in [0.05, 0.1) is 6.54 Å². The van der Waals surface area contributed by atoms with Crippen molar-refractivity contribution in [1.29, 1.82) is 0 Å². The summed E-state index contributed by atoms with van der Waals surface area (Å²) in [4.78, 5) is 20.5. The van der Waals surface area contributed by atoms with E-state index >= 15 is 0 Å². The molecule has 1 saturated heterocycles. The standard InChI is InChI=1S/C16H26N4O/c1-3-7-17-15-11-14(6-8-18-15)12-19(2)13-16(21)20-9-4-5-10-20/h6,8,11H,3-5,7,9-10,12-13H2,1-2H3,(H,17,18). The number of carbonyl (C=O) groups is 1. The number of nitrogens with zero attached hydrogens (tertiary/aromatic N) is 3. The molecular formula is C16H26N4O. The van der Waals surface area contributed by atoms with E-state index in [4.69, 9.17) is 0 Å². The predicted molar refractivity (Wildman–Crippen MR) is 85.2 cm³/mol. The molecule has 0 spiro atoms. The molecule has 1 N–H and O–H groups in total. The maximum Gasteiger partial charge on any atom is 0.236 e. The molecule has 5 heteroatoms. The predicted octanol–water partition coefficient (Wildman–Crippen LogP) is 1.96. The Kier molecular flexibility index (Phi) is 5.99. The third kappa shape index (κ3) is 5.01. The summed E-state index contributed by atoms with van der Waals surface area (Å²) in [5.74, 6) is 1.15. The zero-order chi connectivity index (χ0) is 15.1. The molecule has 1 aromatic heterocycles. The van der Waals surface area contributed by atoms with Crippen LogP contribution in [-0.4, -0.2) is 53.9 Å². The van der Waals surface area contributed by atoms with Gasteiger partial charge >= 0.3 is 0 Å². The van der Waals surface area contributed by atoms with Crippen molar-refractivity contribution in [3.05, 3.63) is 23.9 Å². The van der Waals surface area contributed by atoms with Crippen molar-refractivity contribution in [3.8, 4) is 0 Å². The Morgan fingerprint density at radius 3 is 2.90 bits per heavy atom. The summed E-state index contributed by atoms with van der Waals surface area (Å²) < 4.78 is 0. The molecule has 1 amide bonds. The summed E-state index contributed by atoms with van der Waals surface area (Å²) in [7, 11) is 1.99. The molecule has 1 aromatic rings. The zero-order valence-corrected chi connectivity index (χ0v) is 13.1. The summed E-state index contributed by atoms with van der Waals surface area (Å²) in [5, 5.41) is 3.29. The van der Waals surface area contributed by atoms with E-state index < -0.39 is 0 Å². The quantitative estimate of drug-likeness (QED) is 0.834. The van der Waals surface area contributed by atoms with E-state index in [1.807, 2.05) is 24.2 Å². The van der Waals surface area contributed by atoms with Gasteiger partial charge in [-0.2, -0.15) is 0 Å². The fourth-order valence-corrected chi connectivity index (χ4v) is 2.59. The fraction of sp³-hybridized carbons (Fsp3) is 0.625. The minimum atomic E-state index is 0.244. The van der Waals surface area contributed by atoms with E-state index in [1.54, 1.807) is 0 Å². The number of carbonyl (C=O) groups excluding carboxylic acids is 1. The third-order valence-electron chi connectivity index (χ3n) is 3.70. The number of anilines is 1. The van der Waals surface area contributed by atoms with Crippen LogP contribution in [0.1, 0.15) is 31.7 Å². The highest BCUT2D eigenvalue weighted by Gasteiger charge is 2.18. The first-order valence-electron chi connectivity index (χ1n) is 7.84. The van der Waals surface area contributed by atoms with E-state index in [1.165, 1.54) is 5.56 Å². The van der Waals surface area contributed by atoms with Crippen LogP contribution in [0.15, 0.2) is 18.3 Å². The molecule has 0 atom stereocenters. The van der Waals surface area contributed by atoms with E-state index in [0.29, 0.717) is 6.54 Å². The number of rotatable bonds is 7. The van der Waals surface area contributed by atoms with Crippen molar-refractivity contribution in [2.24, 2.45) is 0 Å². The van der Waals surface area contributed by atoms with Crippen LogP contribution in [0.5, 0.6) is 0 Å². The van der Waals surface area contributed by atoms with Crippen LogP contribution in [0.25, 0.3) is 0 Å². The number of likely N-dealkylation sites (N-methyl/N-ethyl adjacent to an activating group) is 1. The van der Waals surface area contributed by atoms with Crippen LogP contribution >= 0.6 is 0 Å². The number of hydrogen-bond acceptors (Lipinski definition) is 4. The van der Waals surface area contributed by atoms with E-state index in [-0.39, 0.29) is 5.91 Å². The number of hydrogen-bond donors (Lipinski definition) is 1. The average molecular weight is 290 g/mol. The largest absolute Gasteiger partial charge is 0.370 e. The van der Waals surface area contributed by atoms with Crippen molar-refractivity contribution in [2.45, 2.75) is 32.7 Å². The number of amides is 1. The minimum absolute atomic E-state index is 0.244. The molecule has 1 aliphatic rings. The van der Waals surface area contributed by atoms with E-state index in [0.717, 1.165) is 51.3 Å². The molecule has 0 saturated carbocycles. The molecular weight excluding hydrogens is 264 g/mol. The summed E-state index contributed by atoms with van der Waals surface area (Å²) >= 11 is 0. The van der Waals surface area contributed by atoms with Gasteiger partial charge in [0.1, 0.15) is 5.82 Å². The lowest BCUT2D eigenvalue weighted by molar-refractivity contribution is -0.131. The van der Waals surface area contributed by atoms with Gasteiger partial charge < -0.3 is 10.2 Å². The smallest absolute Gasteiger partial charge is 0.236 e. The van der Waals surface area contributed by atoms with Crippen molar-refractivity contribution in [1.82, 2.24) is 14.8 Å². The first kappa shape index (κ1) is 15.8. The van der Waals surface area contributed by atoms with Gasteiger partial charge in [-0.1, -0.05) is 6.92 Å². The van der Waals surface area contributed by atoms with Gasteiger partial charge in [-0.25, -0.2) is 4.98 Å². The Bertz CT molecular complexity index is 457. The number of aromatic nitrogens is 1. The summed E-state index contributed by atoms with van der Waals surface area (Å²) in [5.41, 5.74) is 1.18. The average Bonchev–Trinajstić information content (AvgIpc) is 2.99. The van der Waals surface area contributed by atoms with Crippen molar-refractivity contribution in [2.75, 3.05) is 38.5 Å². The second-order valence-electron chi connectivity index (χ2n) is 5.74. The Hall–Kier alpha value is -1.62. The molecule has 0 unspecified atom stereocenters. The van der Waals surface area contributed by atoms with Gasteiger partial charge in [0.2, 0.25) is 5.91 Å². The van der Waals surface area contributed by atoms with Gasteiger partial charge in [0.25, 0.3) is 0 Å². The molecule has 21 heavy (non-hydrogen) atoms. The van der Waals surface area contributed by atoms with Crippen LogP contribution < -0.4 is 5.32 Å². The highest BCUT2D eigenvalue weighted by molar-refractivity contribution is 5.78. The zero-order valence-electron chi connectivity index (χ0n) is 13.1. The topological polar surface area (TPSA) is 48.5 Å². The normalized spacial score (nSPS) is 14.7. The molecule has 1 fully saturated rings. The second-order valence-corrected chi connectivity index (χ2v) is 5.74. The van der Waals surface area contributed by atoms with Gasteiger partial charge in [-0.05, 0) is 44.0 Å². The molecule has 0 radical (unpaired) electrons. The van der Waals surface area contributed by atoms with Crippen LogP contribution in [0, 0.1) is 0 Å². The van der Waals surface area contributed by atoms with Crippen molar-refractivity contribution in [3.63, 3.8) is 0 Å². The van der Waals surface area contributed by atoms with Crippen molar-refractivity contribution < 1.29 is 4.79 Å². The summed E-state index contributed by atoms with van der Waals surface area (Å²) in [6.07, 6.45) is 5.19. The van der Waals surface area contributed by atoms with Crippen LogP contribution in [0.4, 0.5) is 5.82 Å². The van der Waals surface area contributed by atoms with Crippen molar-refractivity contribution >= 4 is 11.7 Å². The SMILES string of the molecule is CCCNc1cc(CN(C)CC(=O)N2CCCC2)ccn1. The maximum absolute atomic E-state index is 12.1. The van der Waals surface area contributed by atoms with E-state index in [2.05, 4.69) is 28.2 Å². The Morgan fingerprint density at radius 1 is 1.43 bits per heavy atom. The molecule has 2 heterocycles. The Balaban J connectivity index is 1.83. The highest BCUT2D eigenvalue weighted by Crippen LogP contribution is 2.11. The Labute approximate surface area is 127 Å². The molecule has 0 bridgehead atoms. The van der Waals surface area contributed by atoms with Crippen LogP contribution in [0.3, 0.4) is 0 Å². The van der Waals surface area contributed by atoms with Gasteiger partial charge in [-0.15, -0.1) is 0 Å². The molecule has 1 aliphatic heterocycles. The lowest BCUT2D eigenvalue weighted by Crippen LogP contribution is -2.36. The molecule has 5 nitrogen and oxygen atoms in total. The number of likely N-dealkylation sites (tertiary alicyclic amines) is 1. The fourth-order valence-electron chi connectivity index (χ4n) is 2.59. The number of nitrogens with one attached hydrogen (secondary N) is 1. The number of pyridine rings is 1. The molecule has 0 aromatic carbocycles. The monoisotopic (exact) mass is 290 g/mol. The third-order valence-corrected chi connectivity index (χ3v) is 3.70. The first-order chi connectivity index (χ1) is 10.2. The Morgan fingerprint density at radius 2 is 2.19 bits per heavy atom. The van der Waals surface area contributed by atoms with Crippen LogP contribution in [0.2, 0.25) is 0 Å². The second kappa shape index (κ2) is 7.98. The summed E-state index contributed by atoms with van der Waals surface area (Å²) in [6, 6.07) is 4.07. The lowest BCUT2D eigenvalue weighted by Gasteiger charge is -2.21. The molecule has 0 aliphatic carbocycles.